The van der Waals surface area contributed by atoms with E-state index in [1.807, 2.05) is 38.1 Å². The van der Waals surface area contributed by atoms with Crippen LogP contribution in [0.1, 0.15) is 19.4 Å². The minimum atomic E-state index is -0.636. The van der Waals surface area contributed by atoms with Gasteiger partial charge in [-0.15, -0.1) is 0 Å². The Hall–Kier alpha value is -1.57. The molecule has 0 atom stereocenters. The summed E-state index contributed by atoms with van der Waals surface area (Å²) in [5.41, 5.74) is 1.18. The molecule has 4 nitrogen and oxygen atoms in total. The number of nitrogens with zero attached hydrogens (tertiary/aromatic N) is 3. The van der Waals surface area contributed by atoms with Crippen molar-refractivity contribution in [2.75, 3.05) is 37.6 Å². The van der Waals surface area contributed by atoms with Crippen molar-refractivity contribution >= 4 is 5.69 Å². The van der Waals surface area contributed by atoms with Crippen LogP contribution >= 0.6 is 0 Å². The van der Waals surface area contributed by atoms with E-state index in [2.05, 4.69) is 15.9 Å². The third-order valence-corrected chi connectivity index (χ3v) is 3.32. The van der Waals surface area contributed by atoms with Gasteiger partial charge in [0.2, 0.25) is 0 Å². The minimum absolute atomic E-state index is 0.636. The maximum Gasteiger partial charge on any atom is 0.0992 e. The van der Waals surface area contributed by atoms with Crippen molar-refractivity contribution in [3.8, 4) is 6.07 Å². The average molecular weight is 259 g/mol. The topological polar surface area (TPSA) is 50.5 Å². The number of anilines is 1. The molecule has 0 aliphatic carbocycles. The van der Waals surface area contributed by atoms with Crippen molar-refractivity contribution in [3.63, 3.8) is 0 Å². The predicted octanol–water partition coefficient (Wildman–Crippen LogP) is 1.45. The highest BCUT2D eigenvalue weighted by atomic mass is 16.3. The molecule has 1 aliphatic rings. The Balaban J connectivity index is 1.94. The zero-order valence-corrected chi connectivity index (χ0v) is 11.6. The molecule has 1 heterocycles. The van der Waals surface area contributed by atoms with Crippen LogP contribution in [0.2, 0.25) is 0 Å². The summed E-state index contributed by atoms with van der Waals surface area (Å²) in [5.74, 6) is 0. The lowest BCUT2D eigenvalue weighted by atomic mass is 10.1. The van der Waals surface area contributed by atoms with Crippen LogP contribution in [0.3, 0.4) is 0 Å². The van der Waals surface area contributed by atoms with Crippen LogP contribution in [-0.4, -0.2) is 48.3 Å². The van der Waals surface area contributed by atoms with Crippen molar-refractivity contribution in [1.82, 2.24) is 4.90 Å². The van der Waals surface area contributed by atoms with Crippen LogP contribution in [0.5, 0.6) is 0 Å². The average Bonchev–Trinajstić information content (AvgIpc) is 2.38. The molecule has 0 aromatic heterocycles. The van der Waals surface area contributed by atoms with Crippen molar-refractivity contribution in [1.29, 1.82) is 5.26 Å². The Kier molecular flexibility index (Phi) is 4.08. The van der Waals surface area contributed by atoms with Gasteiger partial charge < -0.3 is 10.0 Å². The van der Waals surface area contributed by atoms with Crippen LogP contribution in [0.4, 0.5) is 5.69 Å². The maximum atomic E-state index is 9.83. The third-order valence-electron chi connectivity index (χ3n) is 3.32. The quantitative estimate of drug-likeness (QED) is 0.892. The second-order valence-electron chi connectivity index (χ2n) is 5.74. The number of piperazine rings is 1. The molecule has 1 saturated heterocycles. The van der Waals surface area contributed by atoms with Gasteiger partial charge in [-0.25, -0.2) is 0 Å². The first kappa shape index (κ1) is 13.9. The first-order chi connectivity index (χ1) is 8.98. The molecule has 102 valence electrons. The Labute approximate surface area is 114 Å². The zero-order valence-electron chi connectivity index (χ0n) is 11.6. The summed E-state index contributed by atoms with van der Waals surface area (Å²) in [6.07, 6.45) is 0. The van der Waals surface area contributed by atoms with Crippen LogP contribution < -0.4 is 4.90 Å². The number of β-amino-alcohol motifs (C(OH)–C–C–N with tert-alkyl or cyclic N) is 1. The van der Waals surface area contributed by atoms with Gasteiger partial charge in [0.05, 0.1) is 17.2 Å². The molecule has 0 radical (unpaired) electrons. The second kappa shape index (κ2) is 5.60. The predicted molar refractivity (Wildman–Crippen MR) is 76.1 cm³/mol. The zero-order chi connectivity index (χ0) is 13.9. The first-order valence-electron chi connectivity index (χ1n) is 6.68. The fourth-order valence-electron chi connectivity index (χ4n) is 2.48. The Morgan fingerprint density at radius 3 is 2.53 bits per heavy atom. The largest absolute Gasteiger partial charge is 0.389 e. The normalized spacial score (nSPS) is 17.3. The summed E-state index contributed by atoms with van der Waals surface area (Å²) < 4.78 is 0. The van der Waals surface area contributed by atoms with Gasteiger partial charge in [-0.1, -0.05) is 6.07 Å². The fraction of sp³-hybridized carbons (Fsp3) is 0.533. The summed E-state index contributed by atoms with van der Waals surface area (Å²) >= 11 is 0. The van der Waals surface area contributed by atoms with Gasteiger partial charge in [0.1, 0.15) is 0 Å². The molecule has 0 bridgehead atoms. The van der Waals surface area contributed by atoms with Gasteiger partial charge in [0.25, 0.3) is 0 Å². The number of aliphatic hydroxyl groups is 1. The first-order valence-corrected chi connectivity index (χ1v) is 6.68. The number of rotatable bonds is 3. The lowest BCUT2D eigenvalue weighted by molar-refractivity contribution is 0.0345. The highest BCUT2D eigenvalue weighted by Crippen LogP contribution is 2.18. The van der Waals surface area contributed by atoms with E-state index in [4.69, 9.17) is 5.26 Å². The number of hydrogen-bond acceptors (Lipinski definition) is 4. The van der Waals surface area contributed by atoms with Crippen molar-refractivity contribution < 1.29 is 5.11 Å². The van der Waals surface area contributed by atoms with Crippen LogP contribution in [0, 0.1) is 11.3 Å². The van der Waals surface area contributed by atoms with Gasteiger partial charge in [-0.05, 0) is 32.0 Å². The maximum absolute atomic E-state index is 9.83. The molecule has 0 spiro atoms. The lowest BCUT2D eigenvalue weighted by Gasteiger charge is -2.38. The summed E-state index contributed by atoms with van der Waals surface area (Å²) in [4.78, 5) is 4.58. The molecule has 1 aromatic rings. The van der Waals surface area contributed by atoms with Gasteiger partial charge in [-0.2, -0.15) is 5.26 Å². The third kappa shape index (κ3) is 3.95. The molecule has 0 amide bonds. The molecule has 19 heavy (non-hydrogen) atoms. The number of nitriles is 1. The molecule has 1 N–H and O–H groups in total. The minimum Gasteiger partial charge on any atom is -0.389 e. The highest BCUT2D eigenvalue weighted by molar-refractivity contribution is 5.51. The summed E-state index contributed by atoms with van der Waals surface area (Å²) in [6.45, 7) is 8.15. The van der Waals surface area contributed by atoms with Gasteiger partial charge >= 0.3 is 0 Å². The monoisotopic (exact) mass is 259 g/mol. The van der Waals surface area contributed by atoms with Crippen LogP contribution in [-0.2, 0) is 0 Å². The fourth-order valence-corrected chi connectivity index (χ4v) is 2.48. The van der Waals surface area contributed by atoms with E-state index in [0.717, 1.165) is 31.9 Å². The Morgan fingerprint density at radius 1 is 1.26 bits per heavy atom. The lowest BCUT2D eigenvalue weighted by Crippen LogP contribution is -2.50. The Bertz CT molecular complexity index is 465. The number of hydrogen-bond donors (Lipinski definition) is 1. The Morgan fingerprint density at radius 2 is 1.95 bits per heavy atom. The summed E-state index contributed by atoms with van der Waals surface area (Å²) in [5, 5.41) is 18.8. The summed E-state index contributed by atoms with van der Waals surface area (Å²) in [6, 6.07) is 9.92. The second-order valence-corrected chi connectivity index (χ2v) is 5.74. The van der Waals surface area contributed by atoms with Crippen molar-refractivity contribution in [2.24, 2.45) is 0 Å². The smallest absolute Gasteiger partial charge is 0.0992 e. The van der Waals surface area contributed by atoms with Gasteiger partial charge in [0, 0.05) is 38.4 Å². The van der Waals surface area contributed by atoms with Crippen molar-refractivity contribution in [3.05, 3.63) is 29.8 Å². The molecule has 4 heteroatoms. The SMILES string of the molecule is CC(C)(O)CN1CCN(c2cccc(C#N)c2)CC1. The highest BCUT2D eigenvalue weighted by Gasteiger charge is 2.22. The van der Waals surface area contributed by atoms with E-state index in [-0.39, 0.29) is 0 Å². The van der Waals surface area contributed by atoms with Crippen molar-refractivity contribution in [2.45, 2.75) is 19.4 Å². The molecule has 1 aromatic carbocycles. The molecule has 0 unspecified atom stereocenters. The van der Waals surface area contributed by atoms with Gasteiger partial charge in [0.15, 0.2) is 0 Å². The standard InChI is InChI=1S/C15H21N3O/c1-15(2,19)12-17-6-8-18(9-7-17)14-5-3-4-13(10-14)11-16/h3-5,10,19H,6-9,12H2,1-2H3. The molecule has 2 rings (SSSR count). The van der Waals surface area contributed by atoms with E-state index in [1.165, 1.54) is 0 Å². The molecular formula is C15H21N3O. The number of benzene rings is 1. The van der Waals surface area contributed by atoms with E-state index >= 15 is 0 Å². The van der Waals surface area contributed by atoms with E-state index in [1.54, 1.807) is 0 Å². The van der Waals surface area contributed by atoms with Crippen LogP contribution in [0.15, 0.2) is 24.3 Å². The van der Waals surface area contributed by atoms with Crippen LogP contribution in [0.25, 0.3) is 0 Å². The molecule has 0 saturated carbocycles. The van der Waals surface area contributed by atoms with E-state index < -0.39 is 5.60 Å². The van der Waals surface area contributed by atoms with Gasteiger partial charge in [-0.3, -0.25) is 4.90 Å². The molecule has 1 aliphatic heterocycles. The molecular weight excluding hydrogens is 238 g/mol. The molecule has 1 fully saturated rings. The van der Waals surface area contributed by atoms with E-state index in [9.17, 15) is 5.11 Å². The van der Waals surface area contributed by atoms with E-state index in [0.29, 0.717) is 12.1 Å². The summed E-state index contributed by atoms with van der Waals surface area (Å²) in [7, 11) is 0.